The summed E-state index contributed by atoms with van der Waals surface area (Å²) in [4.78, 5) is 2.54. The minimum atomic E-state index is 0.118. The van der Waals surface area contributed by atoms with Gasteiger partial charge in [-0.25, -0.2) is 0 Å². The molecule has 1 aliphatic rings. The largest absolute Gasteiger partial charge is 0.334 e. The SMILES string of the molecule is C1=CC(N(c2ccc(-c3cccc4sc5ccccc5c34)cc2)c2ccc3c4ccccc4n(-c4ccccc4)c3c2)CC=C1c1cccc2c1sc1ccccc12. The van der Waals surface area contributed by atoms with Gasteiger partial charge in [0.1, 0.15) is 0 Å². The van der Waals surface area contributed by atoms with E-state index in [0.717, 1.165) is 12.1 Å². The lowest BCUT2D eigenvalue weighted by molar-refractivity contribution is 0.787. The number of hydrogen-bond donors (Lipinski definition) is 0. The topological polar surface area (TPSA) is 8.17 Å². The lowest BCUT2D eigenvalue weighted by Gasteiger charge is -2.33. The molecule has 12 rings (SSSR count). The Balaban J connectivity index is 0.991. The number of para-hydroxylation sites is 2. The summed E-state index contributed by atoms with van der Waals surface area (Å²) in [6.07, 6.45) is 8.11. The Kier molecular flexibility index (Phi) is 7.75. The molecule has 1 unspecified atom stereocenters. The van der Waals surface area contributed by atoms with Gasteiger partial charge in [0.25, 0.3) is 0 Å². The zero-order valence-electron chi connectivity index (χ0n) is 31.5. The highest BCUT2D eigenvalue weighted by Crippen LogP contribution is 2.44. The third-order valence-corrected chi connectivity index (χ3v) is 14.3. The molecule has 0 N–H and O–H groups in total. The van der Waals surface area contributed by atoms with Crippen LogP contribution in [0, 0.1) is 0 Å². The molecule has 4 heteroatoms. The van der Waals surface area contributed by atoms with Crippen LogP contribution in [0.3, 0.4) is 0 Å². The third-order valence-electron chi connectivity index (χ3n) is 11.9. The number of aromatic nitrogens is 1. The standard InChI is InChI=1S/C54H36N2S2/c1-2-12-37(13-3-1)56-48-20-7-4-14-43(48)44-33-32-40(34-49(44)56)55(38-28-24-35(25-29-38)41-17-11-23-52-53(41)47-16-6-9-22-51(47)57-52)39-30-26-36(27-31-39)42-18-10-19-46-45-15-5-8-21-50(45)58-54(42)46/h1-30,32-34,39H,31H2. The fourth-order valence-corrected chi connectivity index (χ4v) is 11.7. The first-order chi connectivity index (χ1) is 28.8. The molecule has 8 aromatic carbocycles. The van der Waals surface area contributed by atoms with Gasteiger partial charge in [0.2, 0.25) is 0 Å². The summed E-state index contributed by atoms with van der Waals surface area (Å²) in [7, 11) is 0. The van der Waals surface area contributed by atoms with Crippen LogP contribution in [0.1, 0.15) is 12.0 Å². The maximum Gasteiger partial charge on any atom is 0.0561 e. The van der Waals surface area contributed by atoms with E-state index in [4.69, 9.17) is 0 Å². The van der Waals surface area contributed by atoms with Gasteiger partial charge in [-0.15, -0.1) is 22.7 Å². The van der Waals surface area contributed by atoms with E-state index in [0.29, 0.717) is 0 Å². The smallest absolute Gasteiger partial charge is 0.0561 e. The minimum Gasteiger partial charge on any atom is -0.334 e. The second-order valence-corrected chi connectivity index (χ2v) is 17.3. The van der Waals surface area contributed by atoms with Gasteiger partial charge in [0.05, 0.1) is 17.1 Å². The van der Waals surface area contributed by atoms with Crippen LogP contribution in [0.25, 0.3) is 84.5 Å². The zero-order chi connectivity index (χ0) is 38.2. The van der Waals surface area contributed by atoms with Crippen LogP contribution in [0.5, 0.6) is 0 Å². The molecule has 0 fully saturated rings. The molecule has 274 valence electrons. The van der Waals surface area contributed by atoms with Crippen molar-refractivity contribution in [3.63, 3.8) is 0 Å². The summed E-state index contributed by atoms with van der Waals surface area (Å²) in [5.74, 6) is 0. The maximum atomic E-state index is 2.54. The van der Waals surface area contributed by atoms with Crippen molar-refractivity contribution >= 4 is 102 Å². The molecule has 0 aliphatic heterocycles. The van der Waals surface area contributed by atoms with Gasteiger partial charge in [0.15, 0.2) is 0 Å². The number of allylic oxidation sites excluding steroid dienone is 2. The number of anilines is 2. The summed E-state index contributed by atoms with van der Waals surface area (Å²) in [5.41, 5.74) is 11.0. The highest BCUT2D eigenvalue weighted by molar-refractivity contribution is 7.26. The predicted molar refractivity (Wildman–Crippen MR) is 253 cm³/mol. The zero-order valence-corrected chi connectivity index (χ0v) is 33.2. The molecule has 1 aliphatic carbocycles. The van der Waals surface area contributed by atoms with Crippen molar-refractivity contribution in [3.8, 4) is 16.8 Å². The normalized spacial score (nSPS) is 14.3. The lowest BCUT2D eigenvalue weighted by atomic mass is 9.94. The molecule has 2 nitrogen and oxygen atoms in total. The quantitative estimate of drug-likeness (QED) is 0.163. The number of fused-ring (bicyclic) bond motifs is 9. The Morgan fingerprint density at radius 1 is 0.483 bits per heavy atom. The second kappa shape index (κ2) is 13.5. The van der Waals surface area contributed by atoms with Crippen molar-refractivity contribution < 1.29 is 0 Å². The number of nitrogens with zero attached hydrogens (tertiary/aromatic N) is 2. The number of rotatable bonds is 6. The van der Waals surface area contributed by atoms with E-state index >= 15 is 0 Å². The molecule has 3 aromatic heterocycles. The van der Waals surface area contributed by atoms with E-state index in [1.54, 1.807) is 0 Å². The molecule has 1 atom stereocenters. The van der Waals surface area contributed by atoms with Crippen LogP contribution in [0.15, 0.2) is 200 Å². The van der Waals surface area contributed by atoms with Gasteiger partial charge in [0, 0.05) is 68.2 Å². The molecule has 3 heterocycles. The average Bonchev–Trinajstić information content (AvgIpc) is 3.97. The van der Waals surface area contributed by atoms with Crippen molar-refractivity contribution in [2.45, 2.75) is 12.5 Å². The highest BCUT2D eigenvalue weighted by Gasteiger charge is 2.24. The van der Waals surface area contributed by atoms with Crippen molar-refractivity contribution in [2.75, 3.05) is 4.90 Å². The van der Waals surface area contributed by atoms with Crippen LogP contribution in [0.2, 0.25) is 0 Å². The van der Waals surface area contributed by atoms with E-state index in [2.05, 4.69) is 210 Å². The van der Waals surface area contributed by atoms with Gasteiger partial charge in [-0.2, -0.15) is 0 Å². The summed E-state index contributed by atoms with van der Waals surface area (Å²) in [6, 6.07) is 67.1. The Bertz CT molecular complexity index is 3430. The highest BCUT2D eigenvalue weighted by atomic mass is 32.1. The van der Waals surface area contributed by atoms with Gasteiger partial charge in [-0.05, 0) is 89.3 Å². The Morgan fingerprint density at radius 3 is 1.97 bits per heavy atom. The fourth-order valence-electron chi connectivity index (χ4n) is 9.29. The van der Waals surface area contributed by atoms with E-state index in [-0.39, 0.29) is 6.04 Å². The first-order valence-electron chi connectivity index (χ1n) is 19.9. The summed E-state index contributed by atoms with van der Waals surface area (Å²) in [5, 5.41) is 7.86. The molecule has 0 radical (unpaired) electrons. The van der Waals surface area contributed by atoms with Crippen molar-refractivity contribution in [1.82, 2.24) is 4.57 Å². The molecule has 0 bridgehead atoms. The van der Waals surface area contributed by atoms with Crippen LogP contribution in [0.4, 0.5) is 11.4 Å². The van der Waals surface area contributed by atoms with E-state index in [1.165, 1.54) is 95.8 Å². The van der Waals surface area contributed by atoms with E-state index in [1.807, 2.05) is 22.7 Å². The minimum absolute atomic E-state index is 0.118. The molecule has 0 amide bonds. The first kappa shape index (κ1) is 33.4. The van der Waals surface area contributed by atoms with Gasteiger partial charge < -0.3 is 9.47 Å². The predicted octanol–water partition coefficient (Wildman–Crippen LogP) is 15.7. The monoisotopic (exact) mass is 776 g/mol. The van der Waals surface area contributed by atoms with E-state index in [9.17, 15) is 0 Å². The first-order valence-corrected chi connectivity index (χ1v) is 21.6. The van der Waals surface area contributed by atoms with Crippen LogP contribution < -0.4 is 4.90 Å². The number of hydrogen-bond acceptors (Lipinski definition) is 3. The molecule has 0 spiro atoms. The summed E-state index contributed by atoms with van der Waals surface area (Å²) >= 11 is 3.77. The van der Waals surface area contributed by atoms with E-state index < -0.39 is 0 Å². The molecule has 58 heavy (non-hydrogen) atoms. The summed E-state index contributed by atoms with van der Waals surface area (Å²) < 4.78 is 7.77. The lowest BCUT2D eigenvalue weighted by Crippen LogP contribution is -2.30. The fraction of sp³-hybridized carbons (Fsp3) is 0.0370. The van der Waals surface area contributed by atoms with Crippen molar-refractivity contribution in [3.05, 3.63) is 206 Å². The van der Waals surface area contributed by atoms with Gasteiger partial charge in [-0.3, -0.25) is 0 Å². The second-order valence-electron chi connectivity index (χ2n) is 15.2. The maximum absolute atomic E-state index is 2.54. The van der Waals surface area contributed by atoms with Crippen molar-refractivity contribution in [1.29, 1.82) is 0 Å². The van der Waals surface area contributed by atoms with Crippen molar-refractivity contribution in [2.24, 2.45) is 0 Å². The third kappa shape index (κ3) is 5.30. The van der Waals surface area contributed by atoms with Crippen LogP contribution in [-0.4, -0.2) is 10.6 Å². The van der Waals surface area contributed by atoms with Crippen LogP contribution >= 0.6 is 22.7 Å². The van der Waals surface area contributed by atoms with Gasteiger partial charge >= 0.3 is 0 Å². The Labute approximate surface area is 344 Å². The molecular weight excluding hydrogens is 741 g/mol. The molecule has 0 saturated carbocycles. The van der Waals surface area contributed by atoms with Gasteiger partial charge in [-0.1, -0.05) is 140 Å². The molecule has 0 saturated heterocycles. The summed E-state index contributed by atoms with van der Waals surface area (Å²) in [6.45, 7) is 0. The average molecular weight is 777 g/mol. The Morgan fingerprint density at radius 2 is 1.14 bits per heavy atom. The number of thiophene rings is 2. The molecule has 11 aromatic rings. The number of benzene rings is 8. The Hall–Kier alpha value is -6.72. The van der Waals surface area contributed by atoms with Crippen LogP contribution in [-0.2, 0) is 0 Å². The molecular formula is C54H36N2S2.